The van der Waals surface area contributed by atoms with Gasteiger partial charge < -0.3 is 9.47 Å². The molecule has 0 aliphatic carbocycles. The van der Waals surface area contributed by atoms with Crippen LogP contribution in [0.4, 0.5) is 0 Å². The molecule has 1 aromatic heterocycles. The zero-order valence-corrected chi connectivity index (χ0v) is 9.52. The van der Waals surface area contributed by atoms with Crippen molar-refractivity contribution in [2.45, 2.75) is 0 Å². The van der Waals surface area contributed by atoms with Crippen molar-refractivity contribution in [1.82, 2.24) is 9.78 Å². The molecule has 0 saturated heterocycles. The van der Waals surface area contributed by atoms with Gasteiger partial charge in [0.15, 0.2) is 0 Å². The standard InChI is InChI=1S/C12H13N2O2/c1-14-7-6-11(13-14)10-8-9(15-2)4-5-12(10)16-3/h4-6,8H,1-3H3. The van der Waals surface area contributed by atoms with Gasteiger partial charge in [0.2, 0.25) is 0 Å². The van der Waals surface area contributed by atoms with Gasteiger partial charge in [0.25, 0.3) is 0 Å². The first kappa shape index (κ1) is 10.5. The highest BCUT2D eigenvalue weighted by Crippen LogP contribution is 2.31. The minimum Gasteiger partial charge on any atom is -0.497 e. The molecule has 1 radical (unpaired) electrons. The second-order valence-electron chi connectivity index (χ2n) is 3.35. The largest absolute Gasteiger partial charge is 0.497 e. The number of rotatable bonds is 3. The van der Waals surface area contributed by atoms with E-state index >= 15 is 0 Å². The monoisotopic (exact) mass is 217 g/mol. The fourth-order valence-electron chi connectivity index (χ4n) is 1.52. The fourth-order valence-corrected chi connectivity index (χ4v) is 1.52. The molecule has 0 saturated carbocycles. The van der Waals surface area contributed by atoms with E-state index in [-0.39, 0.29) is 0 Å². The van der Waals surface area contributed by atoms with Crippen LogP contribution < -0.4 is 9.47 Å². The maximum absolute atomic E-state index is 5.29. The molecule has 0 fully saturated rings. The lowest BCUT2D eigenvalue weighted by atomic mass is 10.1. The summed E-state index contributed by atoms with van der Waals surface area (Å²) in [6.45, 7) is 0. The van der Waals surface area contributed by atoms with E-state index in [0.29, 0.717) is 0 Å². The average Bonchev–Trinajstić information content (AvgIpc) is 2.75. The summed E-state index contributed by atoms with van der Waals surface area (Å²) in [5.74, 6) is 1.55. The third-order valence-corrected chi connectivity index (χ3v) is 2.33. The second-order valence-corrected chi connectivity index (χ2v) is 3.35. The Morgan fingerprint density at radius 1 is 1.25 bits per heavy atom. The summed E-state index contributed by atoms with van der Waals surface area (Å²) in [5, 5.41) is 4.29. The Kier molecular flexibility index (Phi) is 2.81. The molecule has 4 heteroatoms. The molecule has 1 heterocycles. The fraction of sp³-hybridized carbons (Fsp3) is 0.250. The van der Waals surface area contributed by atoms with Gasteiger partial charge in [-0.25, -0.2) is 0 Å². The lowest BCUT2D eigenvalue weighted by Crippen LogP contribution is -1.92. The summed E-state index contributed by atoms with van der Waals surface area (Å²) >= 11 is 0. The third-order valence-electron chi connectivity index (χ3n) is 2.33. The van der Waals surface area contributed by atoms with Crippen molar-refractivity contribution in [2.24, 2.45) is 7.05 Å². The van der Waals surface area contributed by atoms with Crippen LogP contribution in [0.5, 0.6) is 11.5 Å². The number of aryl methyl sites for hydroxylation is 1. The van der Waals surface area contributed by atoms with E-state index < -0.39 is 0 Å². The highest BCUT2D eigenvalue weighted by Gasteiger charge is 2.09. The first-order valence-electron chi connectivity index (χ1n) is 4.88. The molecule has 0 amide bonds. The molecule has 83 valence electrons. The van der Waals surface area contributed by atoms with Gasteiger partial charge in [-0.05, 0) is 24.3 Å². The molecule has 2 aromatic rings. The smallest absolute Gasteiger partial charge is 0.128 e. The maximum Gasteiger partial charge on any atom is 0.128 e. The predicted molar refractivity (Wildman–Crippen MR) is 60.6 cm³/mol. The summed E-state index contributed by atoms with van der Waals surface area (Å²) in [4.78, 5) is 0. The third kappa shape index (κ3) is 1.86. The summed E-state index contributed by atoms with van der Waals surface area (Å²) in [6.07, 6.45) is 2.97. The number of nitrogens with zero attached hydrogens (tertiary/aromatic N) is 2. The van der Waals surface area contributed by atoms with E-state index in [1.165, 1.54) is 0 Å². The molecular formula is C12H13N2O2. The first-order valence-corrected chi connectivity index (χ1v) is 4.88. The van der Waals surface area contributed by atoms with Crippen molar-refractivity contribution >= 4 is 0 Å². The molecular weight excluding hydrogens is 204 g/mol. The first-order chi connectivity index (χ1) is 7.74. The van der Waals surface area contributed by atoms with Crippen LogP contribution in [-0.4, -0.2) is 24.0 Å². The van der Waals surface area contributed by atoms with Crippen molar-refractivity contribution in [3.05, 3.63) is 30.5 Å². The molecule has 0 N–H and O–H groups in total. The second kappa shape index (κ2) is 4.26. The summed E-state index contributed by atoms with van der Waals surface area (Å²) in [7, 11) is 5.10. The van der Waals surface area contributed by atoms with Crippen LogP contribution in [0.25, 0.3) is 11.3 Å². The minimum atomic E-state index is 0.771. The molecule has 0 aliphatic heterocycles. The van der Waals surface area contributed by atoms with Gasteiger partial charge in [0.05, 0.1) is 26.1 Å². The zero-order chi connectivity index (χ0) is 11.5. The van der Waals surface area contributed by atoms with E-state index in [4.69, 9.17) is 9.47 Å². The van der Waals surface area contributed by atoms with E-state index in [9.17, 15) is 0 Å². The molecule has 2 rings (SSSR count). The number of hydrogen-bond acceptors (Lipinski definition) is 3. The van der Waals surface area contributed by atoms with Crippen LogP contribution in [0.3, 0.4) is 0 Å². The van der Waals surface area contributed by atoms with E-state index in [1.807, 2.05) is 31.3 Å². The van der Waals surface area contributed by atoms with Gasteiger partial charge >= 0.3 is 0 Å². The Bertz CT molecular complexity index is 492. The minimum absolute atomic E-state index is 0.771. The number of methoxy groups -OCH3 is 2. The van der Waals surface area contributed by atoms with Crippen LogP contribution >= 0.6 is 0 Å². The highest BCUT2D eigenvalue weighted by molar-refractivity contribution is 5.68. The Hall–Kier alpha value is -1.97. The number of hydrogen-bond donors (Lipinski definition) is 0. The summed E-state index contributed by atoms with van der Waals surface area (Å²) < 4.78 is 12.1. The SMILES string of the molecule is COc1ccc(OC)c(-c2c[c]n(C)n2)c1. The van der Waals surface area contributed by atoms with Crippen LogP contribution in [0, 0.1) is 6.20 Å². The van der Waals surface area contributed by atoms with Crippen molar-refractivity contribution in [3.8, 4) is 22.8 Å². The van der Waals surface area contributed by atoms with Crippen LogP contribution in [-0.2, 0) is 7.05 Å². The van der Waals surface area contributed by atoms with Gasteiger partial charge in [0, 0.05) is 12.6 Å². The van der Waals surface area contributed by atoms with Gasteiger partial charge in [-0.15, -0.1) is 0 Å². The Labute approximate surface area is 94.4 Å². The predicted octanol–water partition coefficient (Wildman–Crippen LogP) is 1.90. The zero-order valence-electron chi connectivity index (χ0n) is 9.52. The van der Waals surface area contributed by atoms with Crippen molar-refractivity contribution in [2.75, 3.05) is 14.2 Å². The molecule has 4 nitrogen and oxygen atoms in total. The number of aromatic nitrogens is 2. The van der Waals surface area contributed by atoms with Gasteiger partial charge in [-0.1, -0.05) is 0 Å². The highest BCUT2D eigenvalue weighted by atomic mass is 16.5. The molecule has 1 aromatic carbocycles. The molecule has 16 heavy (non-hydrogen) atoms. The van der Waals surface area contributed by atoms with Gasteiger partial charge in [-0.2, -0.15) is 5.10 Å². The Balaban J connectivity index is 2.52. The Morgan fingerprint density at radius 3 is 2.62 bits per heavy atom. The van der Waals surface area contributed by atoms with E-state index in [1.54, 1.807) is 18.9 Å². The number of benzene rings is 1. The Morgan fingerprint density at radius 2 is 2.06 bits per heavy atom. The molecule has 0 unspecified atom stereocenters. The van der Waals surface area contributed by atoms with Crippen LogP contribution in [0.2, 0.25) is 0 Å². The lowest BCUT2D eigenvalue weighted by Gasteiger charge is -2.08. The summed E-state index contributed by atoms with van der Waals surface area (Å²) in [6, 6.07) is 7.43. The molecule has 0 spiro atoms. The molecule has 0 aliphatic rings. The van der Waals surface area contributed by atoms with Crippen LogP contribution in [0.1, 0.15) is 0 Å². The molecule has 0 atom stereocenters. The number of ether oxygens (including phenoxy) is 2. The van der Waals surface area contributed by atoms with Crippen LogP contribution in [0.15, 0.2) is 24.3 Å². The molecule has 0 bridgehead atoms. The normalized spacial score (nSPS) is 10.2. The maximum atomic E-state index is 5.29. The van der Waals surface area contributed by atoms with Crippen molar-refractivity contribution in [3.63, 3.8) is 0 Å². The van der Waals surface area contributed by atoms with Crippen molar-refractivity contribution in [1.29, 1.82) is 0 Å². The quantitative estimate of drug-likeness (QED) is 0.787. The lowest BCUT2D eigenvalue weighted by molar-refractivity contribution is 0.404. The average molecular weight is 217 g/mol. The van der Waals surface area contributed by atoms with E-state index in [0.717, 1.165) is 22.8 Å². The van der Waals surface area contributed by atoms with Crippen molar-refractivity contribution < 1.29 is 9.47 Å². The summed E-state index contributed by atoms with van der Waals surface area (Å²) in [5.41, 5.74) is 1.72. The van der Waals surface area contributed by atoms with E-state index in [2.05, 4.69) is 11.3 Å². The van der Waals surface area contributed by atoms with Gasteiger partial charge in [-0.3, -0.25) is 4.68 Å². The van der Waals surface area contributed by atoms with Gasteiger partial charge in [0.1, 0.15) is 11.5 Å². The topological polar surface area (TPSA) is 36.3 Å².